The lowest BCUT2D eigenvalue weighted by Crippen LogP contribution is -2.49. The summed E-state index contributed by atoms with van der Waals surface area (Å²) in [4.78, 5) is 2.46. The lowest BCUT2D eigenvalue weighted by molar-refractivity contribution is 0.667. The predicted molar refractivity (Wildman–Crippen MR) is 284 cm³/mol. The van der Waals surface area contributed by atoms with Crippen molar-refractivity contribution in [2.75, 3.05) is 4.90 Å². The van der Waals surface area contributed by atoms with E-state index in [1.165, 1.54) is 59.7 Å². The second kappa shape index (κ2) is 13.6. The Labute approximate surface area is 385 Å². The van der Waals surface area contributed by atoms with Crippen molar-refractivity contribution in [1.29, 1.82) is 0 Å². The zero-order valence-electron chi connectivity index (χ0n) is 37.4. The van der Waals surface area contributed by atoms with Crippen LogP contribution >= 0.6 is 0 Å². The summed E-state index contributed by atoms with van der Waals surface area (Å²) >= 11 is 0. The molecule has 0 fully saturated rings. The molecule has 0 radical (unpaired) electrons. The van der Waals surface area contributed by atoms with E-state index in [0.29, 0.717) is 6.42 Å². The molecule has 14 rings (SSSR count). The van der Waals surface area contributed by atoms with E-state index in [1.54, 1.807) is 0 Å². The largest absolute Gasteiger partial charge is 0.456 e. The molecule has 9 aromatic carbocycles. The predicted octanol–water partition coefficient (Wildman–Crippen LogP) is 14.3. The molecule has 2 aromatic heterocycles. The number of benzene rings is 9. The summed E-state index contributed by atoms with van der Waals surface area (Å²) in [6.45, 7) is 9.95. The number of furan rings is 2. The average Bonchev–Trinajstić information content (AvgIpc) is 4.04. The molecule has 5 heteroatoms. The smallest absolute Gasteiger partial charge is 0.159 e. The van der Waals surface area contributed by atoms with Gasteiger partial charge >= 0.3 is 0 Å². The molecule has 66 heavy (non-hydrogen) atoms. The molecule has 4 bridgehead atoms. The van der Waals surface area contributed by atoms with Gasteiger partial charge in [-0.1, -0.05) is 160 Å². The molecule has 0 N–H and O–H groups in total. The first-order valence-electron chi connectivity index (χ1n) is 23.2. The van der Waals surface area contributed by atoms with Gasteiger partial charge in [0.05, 0.1) is 5.69 Å². The molecule has 314 valence electrons. The minimum atomic E-state index is -1.88. The first-order chi connectivity index (χ1) is 32.2. The summed E-state index contributed by atoms with van der Waals surface area (Å²) in [5.41, 5.74) is 19.4. The van der Waals surface area contributed by atoms with Gasteiger partial charge in [-0.15, -0.1) is 0 Å². The highest BCUT2D eigenvalue weighted by Gasteiger charge is 2.39. The van der Waals surface area contributed by atoms with Gasteiger partial charge in [0.25, 0.3) is 0 Å². The molecule has 0 saturated carbocycles. The van der Waals surface area contributed by atoms with Crippen molar-refractivity contribution < 1.29 is 8.83 Å². The van der Waals surface area contributed by atoms with Crippen LogP contribution in [0.25, 0.3) is 88.9 Å². The zero-order chi connectivity index (χ0) is 44.1. The van der Waals surface area contributed by atoms with E-state index in [4.69, 9.17) is 8.83 Å². The Kier molecular flexibility index (Phi) is 7.78. The number of nitrogens with zero attached hydrogens (tertiary/aromatic N) is 1. The van der Waals surface area contributed by atoms with Crippen LogP contribution in [0.2, 0.25) is 26.2 Å². The summed E-state index contributed by atoms with van der Waals surface area (Å²) in [5.74, 6) is 0. The Morgan fingerprint density at radius 3 is 1.86 bits per heavy atom. The van der Waals surface area contributed by atoms with Crippen LogP contribution < -0.4 is 25.6 Å². The van der Waals surface area contributed by atoms with Gasteiger partial charge in [-0.05, 0) is 132 Å². The monoisotopic (exact) mass is 879 g/mol. The maximum Gasteiger partial charge on any atom is 0.159 e. The van der Waals surface area contributed by atoms with Gasteiger partial charge < -0.3 is 13.7 Å². The number of fused-ring (bicyclic) bond motifs is 12. The Morgan fingerprint density at radius 1 is 0.424 bits per heavy atom. The quantitative estimate of drug-likeness (QED) is 0.166. The molecule has 3 aliphatic heterocycles. The Hall–Kier alpha value is -7.45. The van der Waals surface area contributed by atoms with Gasteiger partial charge in [0.15, 0.2) is 5.58 Å². The molecule has 11 aromatic rings. The van der Waals surface area contributed by atoms with E-state index >= 15 is 0 Å². The van der Waals surface area contributed by atoms with Crippen molar-refractivity contribution >= 4 is 109 Å². The number of anilines is 3. The van der Waals surface area contributed by atoms with Crippen LogP contribution in [0.5, 0.6) is 0 Å². The third-order valence-electron chi connectivity index (χ3n) is 15.2. The molecule has 3 nitrogen and oxygen atoms in total. The summed E-state index contributed by atoms with van der Waals surface area (Å²) in [7, 11) is -3.68. The van der Waals surface area contributed by atoms with E-state index < -0.39 is 16.1 Å². The summed E-state index contributed by atoms with van der Waals surface area (Å²) in [6, 6.07) is 68.1. The number of hydrogen-bond donors (Lipinski definition) is 0. The molecule has 5 heterocycles. The first-order valence-corrected chi connectivity index (χ1v) is 29.2. The highest BCUT2D eigenvalue weighted by Crippen LogP contribution is 2.47. The second-order valence-corrected chi connectivity index (χ2v) is 28.3. The van der Waals surface area contributed by atoms with E-state index in [2.05, 4.69) is 213 Å². The van der Waals surface area contributed by atoms with Crippen molar-refractivity contribution in [3.8, 4) is 33.4 Å². The van der Waals surface area contributed by atoms with Crippen molar-refractivity contribution in [2.24, 2.45) is 0 Å². The van der Waals surface area contributed by atoms with E-state index in [0.717, 1.165) is 77.6 Å². The molecular weight excluding hydrogens is 835 g/mol. The number of allylic oxidation sites excluding steroid dienone is 1. The third-order valence-corrected chi connectivity index (χ3v) is 22.3. The Balaban J connectivity index is 1.03. The molecule has 0 spiro atoms. The van der Waals surface area contributed by atoms with Gasteiger partial charge in [0.1, 0.15) is 32.9 Å². The van der Waals surface area contributed by atoms with E-state index in [1.807, 2.05) is 6.07 Å². The normalized spacial score (nSPS) is 15.8. The van der Waals surface area contributed by atoms with Crippen LogP contribution in [0.4, 0.5) is 17.1 Å². The summed E-state index contributed by atoms with van der Waals surface area (Å²) < 4.78 is 13.6. The Morgan fingerprint density at radius 2 is 1.06 bits per heavy atom. The highest BCUT2D eigenvalue weighted by atomic mass is 28.3. The topological polar surface area (TPSA) is 29.5 Å². The van der Waals surface area contributed by atoms with E-state index in [9.17, 15) is 0 Å². The zero-order valence-corrected chi connectivity index (χ0v) is 39.4. The van der Waals surface area contributed by atoms with Gasteiger partial charge in [0, 0.05) is 38.5 Å². The van der Waals surface area contributed by atoms with Crippen LogP contribution in [0, 0.1) is 0 Å². The van der Waals surface area contributed by atoms with Crippen molar-refractivity contribution in [3.05, 3.63) is 199 Å². The Bertz CT molecular complexity index is 3940. The van der Waals surface area contributed by atoms with Crippen LogP contribution in [0.15, 0.2) is 191 Å². The second-order valence-electron chi connectivity index (χ2n) is 19.7. The molecular formula is C61H45NO2Si2. The molecule has 0 aliphatic carbocycles. The average molecular weight is 880 g/mol. The highest BCUT2D eigenvalue weighted by molar-refractivity contribution is 7.04. The maximum absolute atomic E-state index is 7.29. The fraction of sp³-hybridized carbons (Fsp3) is 0.0820. The van der Waals surface area contributed by atoms with Crippen LogP contribution in [0.1, 0.15) is 16.7 Å². The van der Waals surface area contributed by atoms with Gasteiger partial charge in [-0.25, -0.2) is 0 Å². The number of para-hydroxylation sites is 3. The van der Waals surface area contributed by atoms with Crippen molar-refractivity contribution in [3.63, 3.8) is 0 Å². The lowest BCUT2D eigenvalue weighted by atomic mass is 9.91. The molecule has 0 saturated heterocycles. The van der Waals surface area contributed by atoms with Crippen molar-refractivity contribution in [1.82, 2.24) is 0 Å². The van der Waals surface area contributed by atoms with Crippen LogP contribution in [0.3, 0.4) is 0 Å². The number of hydrogen-bond acceptors (Lipinski definition) is 3. The molecule has 3 aliphatic rings. The van der Waals surface area contributed by atoms with Crippen molar-refractivity contribution in [2.45, 2.75) is 32.6 Å². The minimum absolute atomic E-state index is 0.705. The lowest BCUT2D eigenvalue weighted by Gasteiger charge is -2.28. The third kappa shape index (κ3) is 5.35. The summed E-state index contributed by atoms with van der Waals surface area (Å²) in [5, 5.41) is 10.5. The molecule has 0 amide bonds. The van der Waals surface area contributed by atoms with Gasteiger partial charge in [0.2, 0.25) is 0 Å². The molecule has 0 atom stereocenters. The van der Waals surface area contributed by atoms with Gasteiger partial charge in [-0.2, -0.15) is 0 Å². The summed E-state index contributed by atoms with van der Waals surface area (Å²) in [6.07, 6.45) is 3.13. The fourth-order valence-electron chi connectivity index (χ4n) is 12.0. The molecule has 0 unspecified atom stereocenters. The van der Waals surface area contributed by atoms with Crippen LogP contribution in [-0.4, -0.2) is 16.1 Å². The van der Waals surface area contributed by atoms with Gasteiger partial charge in [-0.3, -0.25) is 0 Å². The minimum Gasteiger partial charge on any atom is -0.456 e. The number of rotatable bonds is 3. The fourth-order valence-corrected chi connectivity index (χ4v) is 18.1. The first kappa shape index (κ1) is 37.9. The standard InChI is InChI=1S/C61H45NO2Si2/c1-65(2)56-21-9-6-14-46(56)51-33-37(23-27-58(51)65)29-41-31-38-30-40(39-24-26-55-50(35-39)45-13-5-8-20-54(45)63-55)34-43(32-38)62(53-19-12-18-49-48-17-11-16-44(41)60(48)64-61(49)53)42-25-28-59-52(36-42)47-15-7-10-22-57(47)66(59,3)4/h5-30,32-36H,31H2,1-4H3/b41-29-. The van der Waals surface area contributed by atoms with Crippen LogP contribution in [-0.2, 0) is 6.42 Å². The van der Waals surface area contributed by atoms with E-state index in [-0.39, 0.29) is 0 Å². The SMILES string of the molecule is C[Si]1(C)c2ccccc2-c2cc(/C=C3/Cc4cc(-c5ccc6oc7ccccc7c6c5)cc(c4)N(c4ccc5c(c4)-c4ccccc4[Si]5(C)C)c4cccc5c4oc4c3cccc45)ccc21. The maximum atomic E-state index is 7.29.